The molecule has 0 aliphatic heterocycles. The van der Waals surface area contributed by atoms with Crippen molar-refractivity contribution in [3.8, 4) is 0 Å². The fourth-order valence-corrected chi connectivity index (χ4v) is 3.25. The normalized spacial score (nSPS) is 14.6. The number of aliphatic hydroxyl groups is 1. The van der Waals surface area contributed by atoms with Crippen LogP contribution in [-0.2, 0) is 0 Å². The fourth-order valence-electron chi connectivity index (χ4n) is 0.925. The second-order valence-electron chi connectivity index (χ2n) is 4.04. The fraction of sp³-hybridized carbons (Fsp3) is 0.556. The van der Waals surface area contributed by atoms with Gasteiger partial charge in [0.15, 0.2) is 0 Å². The lowest BCUT2D eigenvalue weighted by molar-refractivity contribution is 0.0658. The summed E-state index contributed by atoms with van der Waals surface area (Å²) in [5.74, 6) is 0. The van der Waals surface area contributed by atoms with Gasteiger partial charge < -0.3 is 5.11 Å². The zero-order chi connectivity index (χ0) is 10.2. The molecule has 1 N–H and O–H groups in total. The van der Waals surface area contributed by atoms with E-state index in [1.807, 2.05) is 26.8 Å². The van der Waals surface area contributed by atoms with Crippen LogP contribution in [0.15, 0.2) is 14.3 Å². The highest BCUT2D eigenvalue weighted by atomic mass is 79.9. The molecule has 0 saturated carbocycles. The molecule has 74 valence electrons. The summed E-state index contributed by atoms with van der Waals surface area (Å²) in [7, 11) is 0. The molecule has 0 saturated heterocycles. The second kappa shape index (κ2) is 4.01. The van der Waals surface area contributed by atoms with Crippen LogP contribution in [0.25, 0.3) is 0 Å². The molecular weight excluding hydrogens is 316 g/mol. The Bertz CT molecular complexity index is 282. The Balaban J connectivity index is 2.96. The van der Waals surface area contributed by atoms with E-state index < -0.39 is 6.10 Å². The van der Waals surface area contributed by atoms with Crippen molar-refractivity contribution in [2.45, 2.75) is 26.9 Å². The predicted octanol–water partition coefficient (Wildman–Crippen LogP) is 4.35. The van der Waals surface area contributed by atoms with Crippen LogP contribution in [0, 0.1) is 5.41 Å². The lowest BCUT2D eigenvalue weighted by Gasteiger charge is -2.24. The Morgan fingerprint density at radius 1 is 1.38 bits per heavy atom. The molecule has 0 aliphatic carbocycles. The average Bonchev–Trinajstić information content (AvgIpc) is 2.29. The SMILES string of the molecule is CC(C)(C)C(O)c1cc(Br)c(Br)s1. The maximum absolute atomic E-state index is 9.96. The summed E-state index contributed by atoms with van der Waals surface area (Å²) >= 11 is 8.38. The molecule has 0 aliphatic rings. The minimum Gasteiger partial charge on any atom is -0.387 e. The van der Waals surface area contributed by atoms with Gasteiger partial charge in [0.1, 0.15) is 0 Å². The van der Waals surface area contributed by atoms with Gasteiger partial charge in [-0.1, -0.05) is 20.8 Å². The number of hydrogen-bond acceptors (Lipinski definition) is 2. The molecule has 1 nitrogen and oxygen atoms in total. The summed E-state index contributed by atoms with van der Waals surface area (Å²) in [6.45, 7) is 6.08. The van der Waals surface area contributed by atoms with Gasteiger partial charge in [-0.25, -0.2) is 0 Å². The number of thiophene rings is 1. The first-order valence-corrected chi connectivity index (χ1v) is 6.35. The largest absolute Gasteiger partial charge is 0.387 e. The first kappa shape index (κ1) is 11.7. The number of aliphatic hydroxyl groups excluding tert-OH is 1. The van der Waals surface area contributed by atoms with Crippen molar-refractivity contribution in [1.82, 2.24) is 0 Å². The van der Waals surface area contributed by atoms with Crippen molar-refractivity contribution in [3.05, 3.63) is 19.2 Å². The lowest BCUT2D eigenvalue weighted by Crippen LogP contribution is -2.16. The Labute approximate surface area is 99.4 Å². The minimum atomic E-state index is -0.403. The van der Waals surface area contributed by atoms with E-state index in [0.717, 1.165) is 13.1 Å². The molecule has 1 heterocycles. The van der Waals surface area contributed by atoms with Crippen molar-refractivity contribution in [1.29, 1.82) is 0 Å². The van der Waals surface area contributed by atoms with E-state index in [-0.39, 0.29) is 5.41 Å². The number of rotatable bonds is 1. The van der Waals surface area contributed by atoms with Gasteiger partial charge in [0.25, 0.3) is 0 Å². The molecule has 13 heavy (non-hydrogen) atoms. The highest BCUT2D eigenvalue weighted by molar-refractivity contribution is 9.13. The molecule has 1 unspecified atom stereocenters. The van der Waals surface area contributed by atoms with Crippen LogP contribution in [0.4, 0.5) is 0 Å². The van der Waals surface area contributed by atoms with E-state index >= 15 is 0 Å². The van der Waals surface area contributed by atoms with Gasteiger partial charge in [0.2, 0.25) is 0 Å². The van der Waals surface area contributed by atoms with Crippen molar-refractivity contribution in [3.63, 3.8) is 0 Å². The van der Waals surface area contributed by atoms with Gasteiger partial charge in [0, 0.05) is 9.35 Å². The van der Waals surface area contributed by atoms with Crippen LogP contribution in [0.2, 0.25) is 0 Å². The minimum absolute atomic E-state index is 0.107. The topological polar surface area (TPSA) is 20.2 Å². The Hall–Kier alpha value is 0.620. The molecule has 1 aromatic heterocycles. The van der Waals surface area contributed by atoms with Gasteiger partial charge in [-0.3, -0.25) is 0 Å². The van der Waals surface area contributed by atoms with Gasteiger partial charge >= 0.3 is 0 Å². The van der Waals surface area contributed by atoms with E-state index in [4.69, 9.17) is 0 Å². The van der Waals surface area contributed by atoms with E-state index in [1.54, 1.807) is 11.3 Å². The molecule has 4 heteroatoms. The molecule has 0 amide bonds. The third kappa shape index (κ3) is 2.78. The molecule has 0 radical (unpaired) electrons. The van der Waals surface area contributed by atoms with Crippen molar-refractivity contribution >= 4 is 43.2 Å². The molecule has 0 fully saturated rings. The number of hydrogen-bond donors (Lipinski definition) is 1. The zero-order valence-electron chi connectivity index (χ0n) is 7.77. The monoisotopic (exact) mass is 326 g/mol. The van der Waals surface area contributed by atoms with E-state index in [1.165, 1.54) is 0 Å². The van der Waals surface area contributed by atoms with Crippen LogP contribution in [-0.4, -0.2) is 5.11 Å². The standard InChI is InChI=1S/C9H12Br2OS/c1-9(2,3)7(12)6-4-5(10)8(11)13-6/h4,7,12H,1-3H3. The van der Waals surface area contributed by atoms with E-state index in [2.05, 4.69) is 31.9 Å². The maximum atomic E-state index is 9.96. The Morgan fingerprint density at radius 2 is 1.92 bits per heavy atom. The predicted molar refractivity (Wildman–Crippen MR) is 64.1 cm³/mol. The smallest absolute Gasteiger partial charge is 0.0930 e. The molecule has 0 bridgehead atoms. The molecule has 0 spiro atoms. The molecule has 1 rings (SSSR count). The van der Waals surface area contributed by atoms with Crippen LogP contribution in [0.3, 0.4) is 0 Å². The van der Waals surface area contributed by atoms with Crippen molar-refractivity contribution in [2.24, 2.45) is 5.41 Å². The van der Waals surface area contributed by atoms with Crippen LogP contribution >= 0.6 is 43.2 Å². The van der Waals surface area contributed by atoms with Crippen LogP contribution in [0.5, 0.6) is 0 Å². The van der Waals surface area contributed by atoms with Gasteiger partial charge in [-0.05, 0) is 43.3 Å². The summed E-state index contributed by atoms with van der Waals surface area (Å²) < 4.78 is 2.04. The molecule has 1 atom stereocenters. The summed E-state index contributed by atoms with van der Waals surface area (Å²) in [5.41, 5.74) is -0.107. The summed E-state index contributed by atoms with van der Waals surface area (Å²) in [6, 6.07) is 1.96. The summed E-state index contributed by atoms with van der Waals surface area (Å²) in [4.78, 5) is 0.992. The third-order valence-corrected chi connectivity index (χ3v) is 5.06. The second-order valence-corrected chi connectivity index (χ2v) is 7.29. The highest BCUT2D eigenvalue weighted by Crippen LogP contribution is 2.41. The van der Waals surface area contributed by atoms with E-state index in [9.17, 15) is 5.11 Å². The van der Waals surface area contributed by atoms with Crippen molar-refractivity contribution < 1.29 is 5.11 Å². The zero-order valence-corrected chi connectivity index (χ0v) is 11.8. The van der Waals surface area contributed by atoms with Gasteiger partial charge in [0.05, 0.1) is 9.89 Å². The maximum Gasteiger partial charge on any atom is 0.0930 e. The van der Waals surface area contributed by atoms with Crippen LogP contribution < -0.4 is 0 Å². The Morgan fingerprint density at radius 3 is 2.23 bits per heavy atom. The Kier molecular flexibility index (Phi) is 3.60. The first-order chi connectivity index (χ1) is 5.82. The molecular formula is C9H12Br2OS. The van der Waals surface area contributed by atoms with Gasteiger partial charge in [-0.2, -0.15) is 0 Å². The molecule has 0 aromatic carbocycles. The summed E-state index contributed by atoms with van der Waals surface area (Å²) in [6.07, 6.45) is -0.403. The molecule has 1 aromatic rings. The van der Waals surface area contributed by atoms with Crippen molar-refractivity contribution in [2.75, 3.05) is 0 Å². The van der Waals surface area contributed by atoms with E-state index in [0.29, 0.717) is 0 Å². The van der Waals surface area contributed by atoms with Gasteiger partial charge in [-0.15, -0.1) is 11.3 Å². The quantitative estimate of drug-likeness (QED) is 0.812. The average molecular weight is 328 g/mol. The highest BCUT2D eigenvalue weighted by Gasteiger charge is 2.25. The first-order valence-electron chi connectivity index (χ1n) is 3.95. The van der Waals surface area contributed by atoms with Crippen LogP contribution in [0.1, 0.15) is 31.8 Å². The number of halogens is 2. The third-order valence-electron chi connectivity index (χ3n) is 1.75. The summed E-state index contributed by atoms with van der Waals surface area (Å²) in [5, 5.41) is 9.96. The lowest BCUT2D eigenvalue weighted by atomic mass is 9.88.